The molecular weight excluding hydrogens is 172 g/mol. The minimum absolute atomic E-state index is 0.344. The van der Waals surface area contributed by atoms with Crippen LogP contribution in [0.15, 0.2) is 0 Å². The fourth-order valence-electron chi connectivity index (χ4n) is 1.96. The van der Waals surface area contributed by atoms with Crippen LogP contribution in [-0.4, -0.2) is 12.6 Å². The summed E-state index contributed by atoms with van der Waals surface area (Å²) < 4.78 is 0. The Morgan fingerprint density at radius 1 is 1.43 bits per heavy atom. The Labute approximate surface area is 87.7 Å². The summed E-state index contributed by atoms with van der Waals surface area (Å²) in [5.41, 5.74) is 0.344. The number of nitrogens with zero attached hydrogens (tertiary/aromatic N) is 1. The third kappa shape index (κ3) is 2.99. The minimum atomic E-state index is 0.344. The number of nitriles is 1. The highest BCUT2D eigenvalue weighted by molar-refractivity contribution is 5.01. The van der Waals surface area contributed by atoms with Crippen molar-refractivity contribution < 1.29 is 0 Å². The maximum atomic E-state index is 8.70. The molecule has 0 aromatic carbocycles. The van der Waals surface area contributed by atoms with Crippen LogP contribution in [0.5, 0.6) is 0 Å². The molecule has 0 heterocycles. The molecule has 2 heteroatoms. The van der Waals surface area contributed by atoms with Gasteiger partial charge in [0.05, 0.1) is 6.07 Å². The van der Waals surface area contributed by atoms with E-state index in [0.717, 1.165) is 13.0 Å². The fourth-order valence-corrected chi connectivity index (χ4v) is 1.96. The van der Waals surface area contributed by atoms with Crippen molar-refractivity contribution in [1.29, 1.82) is 5.26 Å². The summed E-state index contributed by atoms with van der Waals surface area (Å²) in [6.07, 6.45) is 4.39. The molecule has 1 unspecified atom stereocenters. The average molecular weight is 194 g/mol. The van der Waals surface area contributed by atoms with Gasteiger partial charge in [-0.1, -0.05) is 20.8 Å². The monoisotopic (exact) mass is 194 g/mol. The second-order valence-electron chi connectivity index (χ2n) is 4.97. The van der Waals surface area contributed by atoms with Crippen LogP contribution in [0.2, 0.25) is 0 Å². The van der Waals surface area contributed by atoms with Gasteiger partial charge in [0.2, 0.25) is 0 Å². The van der Waals surface area contributed by atoms with Crippen LogP contribution in [0.3, 0.4) is 0 Å². The summed E-state index contributed by atoms with van der Waals surface area (Å²) in [6, 6.07) is 2.92. The van der Waals surface area contributed by atoms with Gasteiger partial charge in [0.15, 0.2) is 0 Å². The smallest absolute Gasteiger partial charge is 0.0628 e. The molecule has 1 rings (SSSR count). The van der Waals surface area contributed by atoms with E-state index in [1.807, 2.05) is 0 Å². The van der Waals surface area contributed by atoms with E-state index in [4.69, 9.17) is 5.26 Å². The number of rotatable bonds is 6. The molecule has 14 heavy (non-hydrogen) atoms. The predicted molar refractivity (Wildman–Crippen MR) is 58.8 cm³/mol. The van der Waals surface area contributed by atoms with Crippen molar-refractivity contribution in [2.75, 3.05) is 6.54 Å². The highest BCUT2D eigenvalue weighted by Gasteiger charge is 2.42. The van der Waals surface area contributed by atoms with Gasteiger partial charge in [-0.25, -0.2) is 0 Å². The third-order valence-corrected chi connectivity index (χ3v) is 3.39. The Morgan fingerprint density at radius 3 is 2.43 bits per heavy atom. The van der Waals surface area contributed by atoms with E-state index in [2.05, 4.69) is 32.2 Å². The maximum absolute atomic E-state index is 8.70. The van der Waals surface area contributed by atoms with Crippen LogP contribution in [0.4, 0.5) is 0 Å². The molecule has 1 N–H and O–H groups in total. The van der Waals surface area contributed by atoms with Gasteiger partial charge in [0.25, 0.3) is 0 Å². The maximum Gasteiger partial charge on any atom is 0.0628 e. The molecule has 0 aromatic rings. The molecule has 1 saturated carbocycles. The zero-order valence-corrected chi connectivity index (χ0v) is 9.64. The standard InChI is InChI=1S/C12H22N2/c1-4-11(10(2)3)14-9-12(5-6-12)7-8-13/h10-11,14H,4-7,9H2,1-3H3. The quantitative estimate of drug-likeness (QED) is 0.705. The van der Waals surface area contributed by atoms with Crippen LogP contribution in [0, 0.1) is 22.7 Å². The second-order valence-corrected chi connectivity index (χ2v) is 4.97. The van der Waals surface area contributed by atoms with E-state index in [1.54, 1.807) is 0 Å². The normalized spacial score (nSPS) is 20.5. The summed E-state index contributed by atoms with van der Waals surface area (Å²) in [5, 5.41) is 12.3. The molecule has 0 saturated heterocycles. The van der Waals surface area contributed by atoms with Crippen LogP contribution in [0.25, 0.3) is 0 Å². The van der Waals surface area contributed by atoms with E-state index in [1.165, 1.54) is 19.3 Å². The van der Waals surface area contributed by atoms with Crippen LogP contribution in [-0.2, 0) is 0 Å². The number of nitrogens with one attached hydrogen (secondary N) is 1. The van der Waals surface area contributed by atoms with Crippen molar-refractivity contribution >= 4 is 0 Å². The lowest BCUT2D eigenvalue weighted by molar-refractivity contribution is 0.346. The van der Waals surface area contributed by atoms with Gasteiger partial charge in [0.1, 0.15) is 0 Å². The molecule has 0 radical (unpaired) electrons. The minimum Gasteiger partial charge on any atom is -0.313 e. The largest absolute Gasteiger partial charge is 0.313 e. The second kappa shape index (κ2) is 4.79. The molecule has 1 aliphatic carbocycles. The summed E-state index contributed by atoms with van der Waals surface area (Å²) in [6.45, 7) is 7.77. The lowest BCUT2D eigenvalue weighted by atomic mass is 9.98. The van der Waals surface area contributed by atoms with Gasteiger partial charge in [-0.05, 0) is 30.6 Å². The molecule has 1 aliphatic rings. The van der Waals surface area contributed by atoms with Crippen molar-refractivity contribution in [2.45, 2.75) is 52.5 Å². The van der Waals surface area contributed by atoms with E-state index in [0.29, 0.717) is 17.4 Å². The van der Waals surface area contributed by atoms with E-state index < -0.39 is 0 Å². The first kappa shape index (κ1) is 11.5. The molecule has 0 amide bonds. The van der Waals surface area contributed by atoms with Crippen molar-refractivity contribution in [3.05, 3.63) is 0 Å². The van der Waals surface area contributed by atoms with Gasteiger partial charge in [-0.2, -0.15) is 5.26 Å². The van der Waals surface area contributed by atoms with Crippen molar-refractivity contribution in [3.8, 4) is 6.07 Å². The molecule has 0 bridgehead atoms. The average Bonchev–Trinajstić information content (AvgIpc) is 2.86. The first-order valence-electron chi connectivity index (χ1n) is 5.74. The summed E-state index contributed by atoms with van der Waals surface area (Å²) in [4.78, 5) is 0. The predicted octanol–water partition coefficient (Wildman–Crippen LogP) is 2.70. The Hall–Kier alpha value is -0.550. The van der Waals surface area contributed by atoms with Crippen LogP contribution >= 0.6 is 0 Å². The zero-order valence-electron chi connectivity index (χ0n) is 9.64. The fraction of sp³-hybridized carbons (Fsp3) is 0.917. The SMILES string of the molecule is CCC(NCC1(CC#N)CC1)C(C)C. The Balaban J connectivity index is 2.29. The first-order chi connectivity index (χ1) is 6.63. The number of hydrogen-bond donors (Lipinski definition) is 1. The van der Waals surface area contributed by atoms with Gasteiger partial charge in [-0.15, -0.1) is 0 Å². The summed E-state index contributed by atoms with van der Waals surface area (Å²) in [5.74, 6) is 0.692. The Morgan fingerprint density at radius 2 is 2.07 bits per heavy atom. The van der Waals surface area contributed by atoms with E-state index >= 15 is 0 Å². The third-order valence-electron chi connectivity index (χ3n) is 3.39. The molecule has 2 nitrogen and oxygen atoms in total. The summed E-state index contributed by atoms with van der Waals surface area (Å²) >= 11 is 0. The molecule has 0 spiro atoms. The molecule has 0 aromatic heterocycles. The molecular formula is C12H22N2. The Kier molecular flexibility index (Phi) is 3.95. The highest BCUT2D eigenvalue weighted by Crippen LogP contribution is 2.48. The van der Waals surface area contributed by atoms with Crippen LogP contribution < -0.4 is 5.32 Å². The summed E-state index contributed by atoms with van der Waals surface area (Å²) in [7, 11) is 0. The van der Waals surface area contributed by atoms with Crippen molar-refractivity contribution in [3.63, 3.8) is 0 Å². The molecule has 0 aliphatic heterocycles. The lowest BCUT2D eigenvalue weighted by Crippen LogP contribution is -2.37. The highest BCUT2D eigenvalue weighted by atomic mass is 14.9. The lowest BCUT2D eigenvalue weighted by Gasteiger charge is -2.23. The zero-order chi connectivity index (χ0) is 10.6. The topological polar surface area (TPSA) is 35.8 Å². The number of hydrogen-bond acceptors (Lipinski definition) is 2. The van der Waals surface area contributed by atoms with E-state index in [-0.39, 0.29) is 0 Å². The van der Waals surface area contributed by atoms with E-state index in [9.17, 15) is 0 Å². The van der Waals surface area contributed by atoms with Crippen molar-refractivity contribution in [2.24, 2.45) is 11.3 Å². The Bertz CT molecular complexity index is 211. The van der Waals surface area contributed by atoms with Crippen molar-refractivity contribution in [1.82, 2.24) is 5.32 Å². The molecule has 80 valence electrons. The van der Waals surface area contributed by atoms with Gasteiger partial charge < -0.3 is 5.32 Å². The van der Waals surface area contributed by atoms with Gasteiger partial charge in [-0.3, -0.25) is 0 Å². The molecule has 1 atom stereocenters. The first-order valence-corrected chi connectivity index (χ1v) is 5.74. The molecule has 1 fully saturated rings. The van der Waals surface area contributed by atoms with Crippen LogP contribution in [0.1, 0.15) is 46.5 Å². The van der Waals surface area contributed by atoms with Gasteiger partial charge in [0, 0.05) is 19.0 Å². The van der Waals surface area contributed by atoms with Gasteiger partial charge >= 0.3 is 0 Å².